The number of ether oxygens (including phenoxy) is 3. The van der Waals surface area contributed by atoms with E-state index in [1.54, 1.807) is 0 Å². The SMILES string of the molecule is Cc1cc2c(cc1CC1(CO)COC1)OCO2. The summed E-state index contributed by atoms with van der Waals surface area (Å²) in [6.45, 7) is 3.80. The van der Waals surface area contributed by atoms with Crippen molar-refractivity contribution in [1.82, 2.24) is 0 Å². The molecule has 0 unspecified atom stereocenters. The lowest BCUT2D eigenvalue weighted by molar-refractivity contribution is -0.136. The predicted octanol–water partition coefficient (Wildman–Crippen LogP) is 1.28. The first kappa shape index (κ1) is 10.9. The second-order valence-corrected chi connectivity index (χ2v) is 4.96. The third kappa shape index (κ3) is 1.77. The summed E-state index contributed by atoms with van der Waals surface area (Å²) in [6.07, 6.45) is 0.825. The van der Waals surface area contributed by atoms with Gasteiger partial charge in [-0.15, -0.1) is 0 Å². The number of aliphatic hydroxyl groups excluding tert-OH is 1. The van der Waals surface area contributed by atoms with Crippen LogP contribution < -0.4 is 9.47 Å². The summed E-state index contributed by atoms with van der Waals surface area (Å²) in [5, 5.41) is 9.45. The number of fused-ring (bicyclic) bond motifs is 1. The second kappa shape index (κ2) is 3.89. The van der Waals surface area contributed by atoms with Gasteiger partial charge in [0.2, 0.25) is 6.79 Å². The van der Waals surface area contributed by atoms with Gasteiger partial charge in [0.05, 0.1) is 19.8 Å². The Bertz CT molecular complexity index is 432. The van der Waals surface area contributed by atoms with Gasteiger partial charge in [-0.25, -0.2) is 0 Å². The first-order valence-corrected chi connectivity index (χ1v) is 5.80. The van der Waals surface area contributed by atoms with E-state index in [2.05, 4.69) is 6.92 Å². The van der Waals surface area contributed by atoms with E-state index in [9.17, 15) is 5.11 Å². The third-order valence-corrected chi connectivity index (χ3v) is 3.55. The highest BCUT2D eigenvalue weighted by molar-refractivity contribution is 5.48. The lowest BCUT2D eigenvalue weighted by atomic mass is 9.79. The number of hydrogen-bond donors (Lipinski definition) is 1. The first-order valence-electron chi connectivity index (χ1n) is 5.80. The number of rotatable bonds is 3. The van der Waals surface area contributed by atoms with Gasteiger partial charge in [0.15, 0.2) is 11.5 Å². The molecule has 0 bridgehead atoms. The molecule has 17 heavy (non-hydrogen) atoms. The molecule has 0 aliphatic carbocycles. The minimum atomic E-state index is -0.0988. The van der Waals surface area contributed by atoms with Crippen molar-refractivity contribution in [2.75, 3.05) is 26.6 Å². The Hall–Kier alpha value is -1.26. The molecule has 0 radical (unpaired) electrons. The Balaban J connectivity index is 1.88. The van der Waals surface area contributed by atoms with Crippen molar-refractivity contribution >= 4 is 0 Å². The Kier molecular flexibility index (Phi) is 2.49. The standard InChI is InChI=1S/C13H16O4/c1-9-2-11-12(17-8-16-11)3-10(9)4-13(5-14)6-15-7-13/h2-3,14H,4-8H2,1H3. The topological polar surface area (TPSA) is 47.9 Å². The molecule has 0 saturated carbocycles. The molecule has 92 valence electrons. The monoisotopic (exact) mass is 236 g/mol. The van der Waals surface area contributed by atoms with Gasteiger partial charge >= 0.3 is 0 Å². The molecular formula is C13H16O4. The molecule has 2 heterocycles. The van der Waals surface area contributed by atoms with Gasteiger partial charge in [-0.1, -0.05) is 0 Å². The van der Waals surface area contributed by atoms with Crippen LogP contribution in [0, 0.1) is 12.3 Å². The van der Waals surface area contributed by atoms with E-state index in [-0.39, 0.29) is 12.0 Å². The summed E-state index contributed by atoms with van der Waals surface area (Å²) in [5.41, 5.74) is 2.28. The largest absolute Gasteiger partial charge is 0.454 e. The van der Waals surface area contributed by atoms with Crippen molar-refractivity contribution in [3.8, 4) is 11.5 Å². The van der Waals surface area contributed by atoms with Gasteiger partial charge in [0, 0.05) is 5.41 Å². The van der Waals surface area contributed by atoms with Crippen molar-refractivity contribution in [3.05, 3.63) is 23.3 Å². The highest BCUT2D eigenvalue weighted by Gasteiger charge is 2.38. The van der Waals surface area contributed by atoms with Crippen molar-refractivity contribution in [2.24, 2.45) is 5.41 Å². The van der Waals surface area contributed by atoms with E-state index in [1.165, 1.54) is 11.1 Å². The number of benzene rings is 1. The van der Waals surface area contributed by atoms with Gasteiger partial charge in [0.25, 0.3) is 0 Å². The van der Waals surface area contributed by atoms with Crippen LogP contribution in [0.1, 0.15) is 11.1 Å². The van der Waals surface area contributed by atoms with E-state index in [1.807, 2.05) is 12.1 Å². The highest BCUT2D eigenvalue weighted by atomic mass is 16.7. The zero-order valence-electron chi connectivity index (χ0n) is 9.86. The summed E-state index contributed by atoms with van der Waals surface area (Å²) in [7, 11) is 0. The van der Waals surface area contributed by atoms with Crippen LogP contribution in [-0.2, 0) is 11.2 Å². The molecule has 2 aliphatic rings. The molecular weight excluding hydrogens is 220 g/mol. The van der Waals surface area contributed by atoms with Crippen LogP contribution in [0.2, 0.25) is 0 Å². The fraction of sp³-hybridized carbons (Fsp3) is 0.538. The summed E-state index contributed by atoms with van der Waals surface area (Å²) < 4.78 is 15.9. The van der Waals surface area contributed by atoms with Crippen LogP contribution in [0.15, 0.2) is 12.1 Å². The van der Waals surface area contributed by atoms with Crippen LogP contribution in [0.5, 0.6) is 11.5 Å². The summed E-state index contributed by atoms with van der Waals surface area (Å²) in [4.78, 5) is 0. The molecule has 1 N–H and O–H groups in total. The molecule has 1 fully saturated rings. The van der Waals surface area contributed by atoms with Crippen LogP contribution in [0.25, 0.3) is 0 Å². The summed E-state index contributed by atoms with van der Waals surface area (Å²) in [6, 6.07) is 4.02. The molecule has 0 atom stereocenters. The van der Waals surface area contributed by atoms with Gasteiger partial charge in [-0.05, 0) is 36.6 Å². The predicted molar refractivity (Wildman–Crippen MR) is 61.3 cm³/mol. The van der Waals surface area contributed by atoms with Gasteiger partial charge < -0.3 is 19.3 Å². The maximum absolute atomic E-state index is 9.45. The van der Waals surface area contributed by atoms with E-state index in [0.717, 1.165) is 17.9 Å². The number of aliphatic hydroxyl groups is 1. The maximum Gasteiger partial charge on any atom is 0.231 e. The van der Waals surface area contributed by atoms with Crippen LogP contribution in [-0.4, -0.2) is 31.7 Å². The third-order valence-electron chi connectivity index (χ3n) is 3.55. The van der Waals surface area contributed by atoms with Crippen LogP contribution in [0.3, 0.4) is 0 Å². The lowest BCUT2D eigenvalue weighted by Crippen LogP contribution is -2.47. The van der Waals surface area contributed by atoms with Gasteiger partial charge in [-0.2, -0.15) is 0 Å². The quantitative estimate of drug-likeness (QED) is 0.858. The molecule has 0 spiro atoms. The zero-order chi connectivity index (χ0) is 11.9. The molecule has 4 nitrogen and oxygen atoms in total. The second-order valence-electron chi connectivity index (χ2n) is 4.96. The van der Waals surface area contributed by atoms with Gasteiger partial charge in [0.1, 0.15) is 0 Å². The average molecular weight is 236 g/mol. The molecule has 1 aromatic carbocycles. The van der Waals surface area contributed by atoms with Gasteiger partial charge in [-0.3, -0.25) is 0 Å². The van der Waals surface area contributed by atoms with E-state index in [4.69, 9.17) is 14.2 Å². The maximum atomic E-state index is 9.45. The molecule has 2 aliphatic heterocycles. The van der Waals surface area contributed by atoms with Crippen molar-refractivity contribution in [2.45, 2.75) is 13.3 Å². The molecule has 4 heteroatoms. The fourth-order valence-corrected chi connectivity index (χ4v) is 2.32. The Morgan fingerprint density at radius 3 is 2.53 bits per heavy atom. The van der Waals surface area contributed by atoms with Crippen molar-refractivity contribution in [3.63, 3.8) is 0 Å². The molecule has 1 aromatic rings. The van der Waals surface area contributed by atoms with E-state index < -0.39 is 0 Å². The Morgan fingerprint density at radius 2 is 1.94 bits per heavy atom. The Morgan fingerprint density at radius 1 is 1.24 bits per heavy atom. The average Bonchev–Trinajstić information content (AvgIpc) is 2.70. The summed E-state index contributed by atoms with van der Waals surface area (Å²) in [5.74, 6) is 1.62. The molecule has 0 aromatic heterocycles. The van der Waals surface area contributed by atoms with Crippen molar-refractivity contribution in [1.29, 1.82) is 0 Å². The molecule has 3 rings (SSSR count). The number of hydrogen-bond acceptors (Lipinski definition) is 4. The first-order chi connectivity index (χ1) is 8.22. The fourth-order valence-electron chi connectivity index (χ4n) is 2.32. The summed E-state index contributed by atoms with van der Waals surface area (Å²) >= 11 is 0. The minimum absolute atomic E-state index is 0.0988. The number of aryl methyl sites for hydroxylation is 1. The Labute approximate surface area is 100 Å². The highest BCUT2D eigenvalue weighted by Crippen LogP contribution is 2.38. The van der Waals surface area contributed by atoms with Crippen molar-refractivity contribution < 1.29 is 19.3 Å². The van der Waals surface area contributed by atoms with Crippen LogP contribution in [0.4, 0.5) is 0 Å². The zero-order valence-corrected chi connectivity index (χ0v) is 9.86. The lowest BCUT2D eigenvalue weighted by Gasteiger charge is -2.40. The van der Waals surface area contributed by atoms with Crippen LogP contribution >= 0.6 is 0 Å². The van der Waals surface area contributed by atoms with E-state index >= 15 is 0 Å². The minimum Gasteiger partial charge on any atom is -0.454 e. The normalized spacial score (nSPS) is 20.1. The molecule has 1 saturated heterocycles. The molecule has 0 amide bonds. The smallest absolute Gasteiger partial charge is 0.231 e. The van der Waals surface area contributed by atoms with E-state index in [0.29, 0.717) is 20.0 Å².